The number of ether oxygens (including phenoxy) is 1. The second-order valence-corrected chi connectivity index (χ2v) is 4.83. The molecule has 2 amide bonds. The first-order valence-corrected chi connectivity index (χ1v) is 7.34. The minimum atomic E-state index is -0.156. The first-order chi connectivity index (χ1) is 11.6. The predicted molar refractivity (Wildman–Crippen MR) is 89.3 cm³/mol. The second kappa shape index (κ2) is 9.00. The Morgan fingerprint density at radius 1 is 1.29 bits per heavy atom. The van der Waals surface area contributed by atoms with E-state index in [0.29, 0.717) is 11.4 Å². The van der Waals surface area contributed by atoms with E-state index in [9.17, 15) is 9.59 Å². The summed E-state index contributed by atoms with van der Waals surface area (Å²) < 4.78 is 7.00. The van der Waals surface area contributed by atoms with E-state index in [4.69, 9.17) is 4.74 Å². The molecule has 0 atom stereocenters. The maximum atomic E-state index is 11.6. The summed E-state index contributed by atoms with van der Waals surface area (Å²) in [6, 6.07) is 8.80. The summed E-state index contributed by atoms with van der Waals surface area (Å²) in [5, 5.41) is 9.30. The fraction of sp³-hybridized carbons (Fsp3) is 0.235. The minimum absolute atomic E-state index is 0.141. The van der Waals surface area contributed by atoms with Gasteiger partial charge in [0.25, 0.3) is 0 Å². The van der Waals surface area contributed by atoms with Gasteiger partial charge in [0.15, 0.2) is 0 Å². The molecule has 1 heterocycles. The highest BCUT2D eigenvalue weighted by molar-refractivity contribution is 5.88. The minimum Gasteiger partial charge on any atom is -0.481 e. The van der Waals surface area contributed by atoms with Crippen LogP contribution in [0.1, 0.15) is 6.92 Å². The highest BCUT2D eigenvalue weighted by atomic mass is 16.5. The van der Waals surface area contributed by atoms with Gasteiger partial charge >= 0.3 is 0 Å². The highest BCUT2D eigenvalue weighted by Gasteiger charge is 2.00. The molecule has 2 aromatic rings. The molecule has 0 saturated carbocycles. The molecule has 7 heteroatoms. The summed E-state index contributed by atoms with van der Waals surface area (Å²) in [7, 11) is 0. The fourth-order valence-corrected chi connectivity index (χ4v) is 1.84. The molecule has 0 fully saturated rings. The van der Waals surface area contributed by atoms with Gasteiger partial charge in [-0.2, -0.15) is 5.10 Å². The molecule has 2 rings (SSSR count). The molecule has 0 unspecified atom stereocenters. The monoisotopic (exact) mass is 326 g/mol. The van der Waals surface area contributed by atoms with Gasteiger partial charge in [-0.3, -0.25) is 14.3 Å². The Hall–Kier alpha value is -3.27. The van der Waals surface area contributed by atoms with Crippen molar-refractivity contribution >= 4 is 17.5 Å². The molecule has 0 radical (unpaired) electrons. The summed E-state index contributed by atoms with van der Waals surface area (Å²) in [6.07, 6.45) is 3.33. The molecule has 0 aliphatic carbocycles. The van der Waals surface area contributed by atoms with Gasteiger partial charge < -0.3 is 15.4 Å². The van der Waals surface area contributed by atoms with E-state index in [-0.39, 0.29) is 31.5 Å². The number of rotatable bonds is 6. The van der Waals surface area contributed by atoms with E-state index in [0.717, 1.165) is 0 Å². The van der Waals surface area contributed by atoms with Crippen LogP contribution in [0, 0.1) is 11.8 Å². The zero-order chi connectivity index (χ0) is 17.2. The molecular formula is C17H18N4O3. The summed E-state index contributed by atoms with van der Waals surface area (Å²) >= 11 is 0. The Balaban J connectivity index is 1.68. The molecule has 0 aliphatic heterocycles. The van der Waals surface area contributed by atoms with Crippen LogP contribution in [-0.2, 0) is 16.1 Å². The topological polar surface area (TPSA) is 85.3 Å². The number of nitrogens with one attached hydrogen (secondary N) is 2. The Morgan fingerprint density at radius 2 is 2.17 bits per heavy atom. The molecule has 0 aliphatic rings. The lowest BCUT2D eigenvalue weighted by Crippen LogP contribution is -2.28. The van der Waals surface area contributed by atoms with E-state index >= 15 is 0 Å². The molecule has 0 saturated heterocycles. The van der Waals surface area contributed by atoms with Crippen LogP contribution in [0.5, 0.6) is 5.75 Å². The van der Waals surface area contributed by atoms with Gasteiger partial charge in [0.1, 0.15) is 18.9 Å². The zero-order valence-corrected chi connectivity index (χ0v) is 13.3. The van der Waals surface area contributed by atoms with E-state index in [1.807, 2.05) is 0 Å². The van der Waals surface area contributed by atoms with Crippen LogP contribution in [0.4, 0.5) is 5.69 Å². The average Bonchev–Trinajstić information content (AvgIpc) is 3.03. The number of carbonyl (C=O) groups excluding carboxylic acids is 2. The van der Waals surface area contributed by atoms with Gasteiger partial charge in [0.05, 0.1) is 6.54 Å². The van der Waals surface area contributed by atoms with E-state index in [2.05, 4.69) is 27.6 Å². The fourth-order valence-electron chi connectivity index (χ4n) is 1.84. The highest BCUT2D eigenvalue weighted by Crippen LogP contribution is 2.16. The van der Waals surface area contributed by atoms with Gasteiger partial charge in [-0.1, -0.05) is 17.9 Å². The smallest absolute Gasteiger partial charge is 0.242 e. The summed E-state index contributed by atoms with van der Waals surface area (Å²) in [5.74, 6) is 5.93. The molecule has 7 nitrogen and oxygen atoms in total. The van der Waals surface area contributed by atoms with E-state index < -0.39 is 0 Å². The van der Waals surface area contributed by atoms with Crippen LogP contribution in [0.15, 0.2) is 42.7 Å². The molecule has 124 valence electrons. The number of hydrogen-bond donors (Lipinski definition) is 2. The standard InChI is InChI=1S/C17H18N4O3/c1-14(22)20-15-6-4-7-16(12-15)24-11-3-2-8-18-17(23)13-21-10-5-9-19-21/h4-7,9-10,12H,8,11,13H2,1H3,(H,18,23)(H,20,22). The van der Waals surface area contributed by atoms with E-state index in [1.165, 1.54) is 11.6 Å². The van der Waals surface area contributed by atoms with Crippen LogP contribution in [-0.4, -0.2) is 34.7 Å². The lowest BCUT2D eigenvalue weighted by Gasteiger charge is -2.05. The van der Waals surface area contributed by atoms with Crippen LogP contribution in [0.2, 0.25) is 0 Å². The number of hydrogen-bond acceptors (Lipinski definition) is 4. The number of benzene rings is 1. The van der Waals surface area contributed by atoms with Crippen molar-refractivity contribution < 1.29 is 14.3 Å². The van der Waals surface area contributed by atoms with Crippen molar-refractivity contribution in [1.29, 1.82) is 0 Å². The maximum Gasteiger partial charge on any atom is 0.242 e. The van der Waals surface area contributed by atoms with Crippen molar-refractivity contribution in [3.8, 4) is 17.6 Å². The molecule has 0 spiro atoms. The third-order valence-corrected chi connectivity index (χ3v) is 2.83. The number of carbonyl (C=O) groups is 2. The van der Waals surface area contributed by atoms with Crippen LogP contribution >= 0.6 is 0 Å². The Labute approximate surface area is 140 Å². The number of anilines is 1. The first-order valence-electron chi connectivity index (χ1n) is 7.34. The van der Waals surface area contributed by atoms with Gasteiger partial charge in [-0.15, -0.1) is 0 Å². The normalized spacial score (nSPS) is 9.54. The second-order valence-electron chi connectivity index (χ2n) is 4.83. The largest absolute Gasteiger partial charge is 0.481 e. The lowest BCUT2D eigenvalue weighted by molar-refractivity contribution is -0.121. The Kier molecular flexibility index (Phi) is 6.41. The lowest BCUT2D eigenvalue weighted by atomic mass is 10.3. The summed E-state index contributed by atoms with van der Waals surface area (Å²) in [4.78, 5) is 22.6. The number of amides is 2. The van der Waals surface area contributed by atoms with Crippen LogP contribution in [0.25, 0.3) is 0 Å². The summed E-state index contributed by atoms with van der Waals surface area (Å²) in [5.41, 5.74) is 0.666. The maximum absolute atomic E-state index is 11.6. The quantitative estimate of drug-likeness (QED) is 0.777. The predicted octanol–water partition coefficient (Wildman–Crippen LogP) is 1.04. The summed E-state index contributed by atoms with van der Waals surface area (Å²) in [6.45, 7) is 2.05. The van der Waals surface area contributed by atoms with Crippen molar-refractivity contribution in [2.24, 2.45) is 0 Å². The molecule has 1 aromatic heterocycles. The van der Waals surface area contributed by atoms with Gasteiger partial charge in [0.2, 0.25) is 11.8 Å². The number of nitrogens with zero attached hydrogens (tertiary/aromatic N) is 2. The average molecular weight is 326 g/mol. The van der Waals surface area contributed by atoms with Crippen LogP contribution < -0.4 is 15.4 Å². The SMILES string of the molecule is CC(=O)Nc1cccc(OCC#CCNC(=O)Cn2cccn2)c1. The molecule has 2 N–H and O–H groups in total. The zero-order valence-electron chi connectivity index (χ0n) is 13.3. The molecule has 0 bridgehead atoms. The Bertz CT molecular complexity index is 745. The first kappa shape index (κ1) is 17.1. The molecular weight excluding hydrogens is 308 g/mol. The molecule has 24 heavy (non-hydrogen) atoms. The van der Waals surface area contributed by atoms with E-state index in [1.54, 1.807) is 42.7 Å². The van der Waals surface area contributed by atoms with Crippen LogP contribution in [0.3, 0.4) is 0 Å². The third-order valence-electron chi connectivity index (χ3n) is 2.83. The third kappa shape index (κ3) is 6.23. The number of aromatic nitrogens is 2. The van der Waals surface area contributed by atoms with Crippen molar-refractivity contribution in [3.63, 3.8) is 0 Å². The Morgan fingerprint density at radius 3 is 2.92 bits per heavy atom. The molecule has 1 aromatic carbocycles. The van der Waals surface area contributed by atoms with Crippen molar-refractivity contribution in [3.05, 3.63) is 42.7 Å². The van der Waals surface area contributed by atoms with Crippen molar-refractivity contribution in [2.45, 2.75) is 13.5 Å². The van der Waals surface area contributed by atoms with Gasteiger partial charge in [0, 0.05) is 31.1 Å². The van der Waals surface area contributed by atoms with Crippen molar-refractivity contribution in [2.75, 3.05) is 18.5 Å². The van der Waals surface area contributed by atoms with Crippen molar-refractivity contribution in [1.82, 2.24) is 15.1 Å². The van der Waals surface area contributed by atoms with Gasteiger partial charge in [-0.25, -0.2) is 0 Å². The van der Waals surface area contributed by atoms with Gasteiger partial charge in [-0.05, 0) is 18.2 Å².